The normalized spacial score (nSPS) is 22.2. The SMILES string of the molecule is CCOC(=O)O[C@@H]1C=CC(=O)O[C@@H]1CO[Si](C)(C)C(C)(C)C. The Hall–Kier alpha value is -1.34. The fourth-order valence-electron chi connectivity index (χ4n) is 1.57. The highest BCUT2D eigenvalue weighted by atomic mass is 28.4. The van der Waals surface area contributed by atoms with E-state index < -0.39 is 32.6 Å². The highest BCUT2D eigenvalue weighted by Gasteiger charge is 2.39. The molecule has 126 valence electrons. The molecular weight excluding hydrogens is 304 g/mol. The van der Waals surface area contributed by atoms with Gasteiger partial charge in [-0.05, 0) is 31.1 Å². The number of ether oxygens (including phenoxy) is 3. The summed E-state index contributed by atoms with van der Waals surface area (Å²) in [5.41, 5.74) is 0. The first-order valence-electron chi connectivity index (χ1n) is 7.43. The van der Waals surface area contributed by atoms with E-state index in [-0.39, 0.29) is 18.3 Å². The van der Waals surface area contributed by atoms with Gasteiger partial charge in [-0.15, -0.1) is 0 Å². The summed E-state index contributed by atoms with van der Waals surface area (Å²) in [7, 11) is -1.98. The smallest absolute Gasteiger partial charge is 0.452 e. The summed E-state index contributed by atoms with van der Waals surface area (Å²) in [5, 5.41) is 0.0407. The zero-order chi connectivity index (χ0) is 17.0. The van der Waals surface area contributed by atoms with Crippen LogP contribution in [0.4, 0.5) is 4.79 Å². The molecule has 1 rings (SSSR count). The van der Waals surface area contributed by atoms with Gasteiger partial charge >= 0.3 is 12.1 Å². The Bertz CT molecular complexity index is 438. The number of hydrogen-bond donors (Lipinski definition) is 0. The van der Waals surface area contributed by atoms with Crippen molar-refractivity contribution in [3.05, 3.63) is 12.2 Å². The van der Waals surface area contributed by atoms with E-state index >= 15 is 0 Å². The molecule has 1 heterocycles. The molecule has 0 fully saturated rings. The van der Waals surface area contributed by atoms with Crippen molar-refractivity contribution in [2.24, 2.45) is 0 Å². The van der Waals surface area contributed by atoms with Crippen molar-refractivity contribution in [2.45, 2.75) is 58.0 Å². The molecule has 0 radical (unpaired) electrons. The summed E-state index contributed by atoms with van der Waals surface area (Å²) in [6.45, 7) is 12.7. The van der Waals surface area contributed by atoms with Crippen molar-refractivity contribution in [1.29, 1.82) is 0 Å². The molecule has 0 aliphatic carbocycles. The molecule has 0 spiro atoms. The second-order valence-corrected chi connectivity index (χ2v) is 11.5. The van der Waals surface area contributed by atoms with Crippen LogP contribution in [0.5, 0.6) is 0 Å². The fraction of sp³-hybridized carbons (Fsp3) is 0.733. The maximum Gasteiger partial charge on any atom is 0.508 e. The van der Waals surface area contributed by atoms with E-state index in [2.05, 4.69) is 33.9 Å². The summed E-state index contributed by atoms with van der Waals surface area (Å²) < 4.78 is 21.2. The van der Waals surface area contributed by atoms with Crippen LogP contribution < -0.4 is 0 Å². The quantitative estimate of drug-likeness (QED) is 0.570. The fourth-order valence-corrected chi connectivity index (χ4v) is 2.58. The van der Waals surface area contributed by atoms with Crippen molar-refractivity contribution in [2.75, 3.05) is 13.2 Å². The average Bonchev–Trinajstić information content (AvgIpc) is 2.38. The number of rotatable bonds is 5. The molecular formula is C15H26O6Si. The van der Waals surface area contributed by atoms with E-state index in [0.29, 0.717) is 0 Å². The van der Waals surface area contributed by atoms with Crippen molar-refractivity contribution < 1.29 is 28.2 Å². The van der Waals surface area contributed by atoms with Crippen LogP contribution in [-0.2, 0) is 23.4 Å². The van der Waals surface area contributed by atoms with E-state index in [0.717, 1.165) is 0 Å². The lowest BCUT2D eigenvalue weighted by atomic mass is 10.1. The van der Waals surface area contributed by atoms with E-state index in [9.17, 15) is 9.59 Å². The number of carbonyl (C=O) groups excluding carboxylic acids is 2. The van der Waals surface area contributed by atoms with Gasteiger partial charge in [-0.3, -0.25) is 0 Å². The first-order chi connectivity index (χ1) is 10.1. The van der Waals surface area contributed by atoms with Gasteiger partial charge in [0.25, 0.3) is 0 Å². The maximum absolute atomic E-state index is 11.4. The largest absolute Gasteiger partial charge is 0.508 e. The third-order valence-electron chi connectivity index (χ3n) is 3.97. The first kappa shape index (κ1) is 18.7. The van der Waals surface area contributed by atoms with Gasteiger partial charge in [-0.1, -0.05) is 20.8 Å². The van der Waals surface area contributed by atoms with Crippen molar-refractivity contribution in [1.82, 2.24) is 0 Å². The number of hydrogen-bond acceptors (Lipinski definition) is 6. The lowest BCUT2D eigenvalue weighted by molar-refractivity contribution is -0.153. The number of carbonyl (C=O) groups is 2. The molecule has 2 atom stereocenters. The topological polar surface area (TPSA) is 71.1 Å². The zero-order valence-corrected chi connectivity index (χ0v) is 15.2. The predicted octanol–water partition coefficient (Wildman–Crippen LogP) is 3.03. The lowest BCUT2D eigenvalue weighted by Gasteiger charge is -2.38. The molecule has 22 heavy (non-hydrogen) atoms. The number of esters is 1. The summed E-state index contributed by atoms with van der Waals surface area (Å²) >= 11 is 0. The Labute approximate surface area is 132 Å². The Morgan fingerprint density at radius 1 is 1.36 bits per heavy atom. The summed E-state index contributed by atoms with van der Waals surface area (Å²) in [6, 6.07) is 0. The molecule has 0 saturated heterocycles. The molecule has 6 nitrogen and oxygen atoms in total. The van der Waals surface area contributed by atoms with Crippen LogP contribution in [0.2, 0.25) is 18.1 Å². The summed E-state index contributed by atoms with van der Waals surface area (Å²) in [5.74, 6) is -0.465. The van der Waals surface area contributed by atoms with E-state index in [1.54, 1.807) is 6.92 Å². The van der Waals surface area contributed by atoms with E-state index in [4.69, 9.17) is 18.6 Å². The molecule has 1 aliphatic heterocycles. The van der Waals surface area contributed by atoms with Gasteiger partial charge in [0.05, 0.1) is 13.2 Å². The summed E-state index contributed by atoms with van der Waals surface area (Å²) in [4.78, 5) is 22.9. The molecule has 0 saturated carbocycles. The molecule has 0 aromatic rings. The second kappa shape index (κ2) is 7.28. The van der Waals surface area contributed by atoms with Crippen molar-refractivity contribution >= 4 is 20.4 Å². The van der Waals surface area contributed by atoms with E-state index in [1.165, 1.54) is 12.2 Å². The molecule has 0 aromatic carbocycles. The minimum absolute atomic E-state index is 0.0407. The van der Waals surface area contributed by atoms with Crippen molar-refractivity contribution in [3.63, 3.8) is 0 Å². The molecule has 1 aliphatic rings. The Morgan fingerprint density at radius 2 is 2.00 bits per heavy atom. The van der Waals surface area contributed by atoms with Gasteiger partial charge in [0.1, 0.15) is 0 Å². The van der Waals surface area contributed by atoms with Crippen molar-refractivity contribution in [3.8, 4) is 0 Å². The standard InChI is InChI=1S/C15H26O6Si/c1-7-18-14(17)21-11-8-9-13(16)20-12(11)10-19-22(5,6)15(2,3)4/h8-9,11-12H,7,10H2,1-6H3/t11-,12-/m1/s1. The van der Waals surface area contributed by atoms with Gasteiger partial charge < -0.3 is 18.6 Å². The number of cyclic esters (lactones) is 1. The van der Waals surface area contributed by atoms with Crippen LogP contribution in [0.1, 0.15) is 27.7 Å². The molecule has 7 heteroatoms. The van der Waals surface area contributed by atoms with Crippen LogP contribution in [0.15, 0.2) is 12.2 Å². The highest BCUT2D eigenvalue weighted by Crippen LogP contribution is 2.36. The molecule has 0 amide bonds. The summed E-state index contributed by atoms with van der Waals surface area (Å²) in [6.07, 6.45) is 0.611. The van der Waals surface area contributed by atoms with Gasteiger partial charge in [0, 0.05) is 6.08 Å². The third kappa shape index (κ3) is 5.13. The van der Waals surface area contributed by atoms with Crippen LogP contribution in [-0.4, -0.2) is 45.9 Å². The Balaban J connectivity index is 2.70. The monoisotopic (exact) mass is 330 g/mol. The maximum atomic E-state index is 11.4. The Morgan fingerprint density at radius 3 is 2.55 bits per heavy atom. The van der Waals surface area contributed by atoms with Crippen LogP contribution in [0, 0.1) is 0 Å². The van der Waals surface area contributed by atoms with Gasteiger partial charge in [0.15, 0.2) is 20.5 Å². The minimum atomic E-state index is -1.98. The first-order valence-corrected chi connectivity index (χ1v) is 10.3. The molecule has 0 bridgehead atoms. The van der Waals surface area contributed by atoms with Gasteiger partial charge in [0.2, 0.25) is 0 Å². The van der Waals surface area contributed by atoms with Crippen LogP contribution in [0.25, 0.3) is 0 Å². The minimum Gasteiger partial charge on any atom is -0.452 e. The molecule has 0 N–H and O–H groups in total. The van der Waals surface area contributed by atoms with Gasteiger partial charge in [-0.2, -0.15) is 0 Å². The predicted molar refractivity (Wildman–Crippen MR) is 84.1 cm³/mol. The van der Waals surface area contributed by atoms with Crippen LogP contribution >= 0.6 is 0 Å². The third-order valence-corrected chi connectivity index (χ3v) is 8.47. The average molecular weight is 330 g/mol. The second-order valence-electron chi connectivity index (χ2n) is 6.67. The lowest BCUT2D eigenvalue weighted by Crippen LogP contribution is -2.47. The highest BCUT2D eigenvalue weighted by molar-refractivity contribution is 6.74. The zero-order valence-electron chi connectivity index (χ0n) is 14.2. The molecule has 0 unspecified atom stereocenters. The Kier molecular flexibility index (Phi) is 6.19. The molecule has 0 aromatic heterocycles. The van der Waals surface area contributed by atoms with Crippen LogP contribution in [0.3, 0.4) is 0 Å². The van der Waals surface area contributed by atoms with Gasteiger partial charge in [-0.25, -0.2) is 9.59 Å². The van der Waals surface area contributed by atoms with E-state index in [1.807, 2.05) is 0 Å².